The Morgan fingerprint density at radius 1 is 0.852 bits per heavy atom. The second kappa shape index (κ2) is 16.6. The zero-order valence-corrected chi connectivity index (χ0v) is 31.8. The van der Waals surface area contributed by atoms with E-state index in [9.17, 15) is 23.3 Å². The molecule has 5 aromatic carbocycles. The first-order valence-electron chi connectivity index (χ1n) is 17.9. The van der Waals surface area contributed by atoms with Crippen molar-refractivity contribution in [2.45, 2.75) is 46.9 Å². The van der Waals surface area contributed by atoms with E-state index in [2.05, 4.69) is 38.0 Å². The van der Waals surface area contributed by atoms with Gasteiger partial charge in [0, 0.05) is 71.3 Å². The topological polar surface area (TPSA) is 125 Å². The fraction of sp³-hybridized carbons (Fsp3) is 0.244. The summed E-state index contributed by atoms with van der Waals surface area (Å²) in [7, 11) is -4.40. The highest BCUT2D eigenvalue weighted by Gasteiger charge is 2.31. The Balaban J connectivity index is 0.952. The molecule has 2 N–H and O–H groups in total. The van der Waals surface area contributed by atoms with Gasteiger partial charge in [-0.15, -0.1) is 11.8 Å². The Hall–Kier alpha value is -4.88. The molecular formula is C41H40ClN5O5S2. The molecule has 2 aliphatic rings. The molecule has 1 aliphatic carbocycles. The Bertz CT molecular complexity index is 2220. The number of benzene rings is 5. The van der Waals surface area contributed by atoms with Crippen LogP contribution < -0.4 is 14.9 Å². The molecule has 7 rings (SSSR count). The molecule has 278 valence electrons. The molecule has 0 bridgehead atoms. The molecule has 54 heavy (non-hydrogen) atoms. The summed E-state index contributed by atoms with van der Waals surface area (Å²) in [6.07, 6.45) is 2.78. The van der Waals surface area contributed by atoms with Crippen LogP contribution in [0.15, 0.2) is 131 Å². The molecule has 1 saturated carbocycles. The van der Waals surface area contributed by atoms with Gasteiger partial charge in [-0.2, -0.15) is 0 Å². The number of piperazine rings is 1. The quantitative estimate of drug-likeness (QED) is 0.0948. The number of nitro benzene ring substituents is 1. The largest absolute Gasteiger partial charge is 0.376 e. The van der Waals surface area contributed by atoms with Crippen LogP contribution in [0, 0.1) is 10.1 Å². The minimum absolute atomic E-state index is 0.0221. The molecule has 10 nitrogen and oxygen atoms in total. The predicted molar refractivity (Wildman–Crippen MR) is 216 cm³/mol. The normalized spacial score (nSPS) is 17.6. The lowest BCUT2D eigenvalue weighted by Gasteiger charge is -2.36. The molecule has 2 unspecified atom stereocenters. The van der Waals surface area contributed by atoms with Gasteiger partial charge >= 0.3 is 0 Å². The third-order valence-corrected chi connectivity index (χ3v) is 13.0. The van der Waals surface area contributed by atoms with Crippen LogP contribution in [0.3, 0.4) is 0 Å². The predicted octanol–water partition coefficient (Wildman–Crippen LogP) is 8.48. The van der Waals surface area contributed by atoms with Crippen LogP contribution in [0.5, 0.6) is 0 Å². The van der Waals surface area contributed by atoms with E-state index in [1.165, 1.54) is 23.3 Å². The van der Waals surface area contributed by atoms with Crippen molar-refractivity contribution in [2.24, 2.45) is 0 Å². The number of carbonyl (C=O) groups excluding carboxylic acids is 1. The molecule has 5 aromatic rings. The van der Waals surface area contributed by atoms with Gasteiger partial charge in [-0.05, 0) is 90.2 Å². The maximum Gasteiger partial charge on any atom is 0.293 e. The lowest BCUT2D eigenvalue weighted by Crippen LogP contribution is -2.46. The van der Waals surface area contributed by atoms with E-state index in [0.29, 0.717) is 5.02 Å². The number of sulfonamides is 1. The molecule has 1 saturated heterocycles. The van der Waals surface area contributed by atoms with Crippen molar-refractivity contribution < 1.29 is 18.1 Å². The van der Waals surface area contributed by atoms with Gasteiger partial charge in [-0.3, -0.25) is 19.8 Å². The maximum absolute atomic E-state index is 13.3. The van der Waals surface area contributed by atoms with Crippen molar-refractivity contribution >= 4 is 56.4 Å². The molecule has 1 aliphatic heterocycles. The first-order chi connectivity index (χ1) is 26.1. The van der Waals surface area contributed by atoms with Gasteiger partial charge in [0.05, 0.1) is 9.82 Å². The summed E-state index contributed by atoms with van der Waals surface area (Å²) in [6, 6.07) is 36.8. The number of rotatable bonds is 12. The third kappa shape index (κ3) is 8.90. The van der Waals surface area contributed by atoms with Crippen LogP contribution in [-0.4, -0.2) is 61.6 Å². The molecule has 2 fully saturated rings. The van der Waals surface area contributed by atoms with E-state index >= 15 is 0 Å². The number of halogens is 1. The highest BCUT2D eigenvalue weighted by molar-refractivity contribution is 8.00. The summed E-state index contributed by atoms with van der Waals surface area (Å²) in [5.74, 6) is -0.817. The highest BCUT2D eigenvalue weighted by Crippen LogP contribution is 2.38. The molecule has 0 radical (unpaired) electrons. The van der Waals surface area contributed by atoms with Gasteiger partial charge < -0.3 is 10.2 Å². The number of hydrogen-bond donors (Lipinski definition) is 2. The summed E-state index contributed by atoms with van der Waals surface area (Å²) in [6.45, 7) is 4.10. The second-order valence-corrected chi connectivity index (χ2v) is 16.9. The summed E-state index contributed by atoms with van der Waals surface area (Å²) in [5.41, 5.74) is 4.54. The third-order valence-electron chi connectivity index (χ3n) is 9.96. The molecule has 0 aromatic heterocycles. The number of hydrogen-bond acceptors (Lipinski definition) is 9. The van der Waals surface area contributed by atoms with E-state index < -0.39 is 20.9 Å². The van der Waals surface area contributed by atoms with Crippen molar-refractivity contribution in [1.82, 2.24) is 9.62 Å². The van der Waals surface area contributed by atoms with E-state index in [1.807, 2.05) is 72.8 Å². The van der Waals surface area contributed by atoms with Crippen LogP contribution in [0.4, 0.5) is 17.1 Å². The van der Waals surface area contributed by atoms with Crippen LogP contribution >= 0.6 is 23.4 Å². The first kappa shape index (κ1) is 37.4. The van der Waals surface area contributed by atoms with E-state index in [-0.39, 0.29) is 33.1 Å². The monoisotopic (exact) mass is 781 g/mol. The molecule has 1 amide bonds. The summed E-state index contributed by atoms with van der Waals surface area (Å²) < 4.78 is 28.7. The second-order valence-electron chi connectivity index (χ2n) is 13.5. The van der Waals surface area contributed by atoms with Crippen LogP contribution in [0.2, 0.25) is 5.02 Å². The molecule has 2 atom stereocenters. The van der Waals surface area contributed by atoms with Crippen LogP contribution in [-0.2, 0) is 16.6 Å². The SMILES string of the molecule is O=C(NS(=O)(=O)c1ccc(NC2CCCC2Sc2ccccc2)c([N+](=O)[O-])c1)c1ccc(N2CCN(Cc3ccccc3-c3ccc(Cl)cc3)CC2)cc1. The summed E-state index contributed by atoms with van der Waals surface area (Å²) in [4.78, 5) is 30.0. The fourth-order valence-corrected chi connectivity index (χ4v) is 9.53. The number of carbonyl (C=O) groups is 1. The number of nitrogens with one attached hydrogen (secondary N) is 2. The number of nitro groups is 1. The van der Waals surface area contributed by atoms with Crippen molar-refractivity contribution in [1.29, 1.82) is 0 Å². The minimum Gasteiger partial charge on any atom is -0.376 e. The molecule has 0 spiro atoms. The Morgan fingerprint density at radius 2 is 1.56 bits per heavy atom. The zero-order chi connectivity index (χ0) is 37.7. The maximum atomic E-state index is 13.3. The fourth-order valence-electron chi connectivity index (χ4n) is 7.10. The van der Waals surface area contributed by atoms with E-state index in [4.69, 9.17) is 11.6 Å². The zero-order valence-electron chi connectivity index (χ0n) is 29.4. The lowest BCUT2D eigenvalue weighted by atomic mass is 9.99. The van der Waals surface area contributed by atoms with Crippen molar-refractivity contribution in [3.05, 3.63) is 148 Å². The number of amides is 1. The average Bonchev–Trinajstić information content (AvgIpc) is 3.62. The van der Waals surface area contributed by atoms with Crippen molar-refractivity contribution in [2.75, 3.05) is 36.4 Å². The molecule has 1 heterocycles. The lowest BCUT2D eigenvalue weighted by molar-refractivity contribution is -0.384. The van der Waals surface area contributed by atoms with Gasteiger partial charge in [-0.1, -0.05) is 72.6 Å². The molecular weight excluding hydrogens is 742 g/mol. The van der Waals surface area contributed by atoms with Gasteiger partial charge in [0.25, 0.3) is 21.6 Å². The average molecular weight is 782 g/mol. The Kier molecular flexibility index (Phi) is 11.5. The molecule has 13 heteroatoms. The highest BCUT2D eigenvalue weighted by atomic mass is 35.5. The number of anilines is 2. The van der Waals surface area contributed by atoms with Crippen LogP contribution in [0.1, 0.15) is 35.2 Å². The Labute approximate surface area is 324 Å². The standard InChI is InChI=1S/C41H40ClN5O5S2/c42-32-17-13-29(14-18-32)36-10-5-4-7-31(36)28-45-23-25-46(26-24-45)33-19-15-30(16-20-33)41(48)44-54(51,52)35-21-22-37(39(27-35)47(49)50)43-38-11-6-12-40(38)53-34-8-2-1-3-9-34/h1-5,7-10,13-22,27,38,40,43H,6,11-12,23-26,28H2,(H,44,48). The van der Waals surface area contributed by atoms with E-state index in [0.717, 1.165) is 74.2 Å². The van der Waals surface area contributed by atoms with Gasteiger partial charge in [0.15, 0.2) is 0 Å². The van der Waals surface area contributed by atoms with Gasteiger partial charge in [-0.25, -0.2) is 13.1 Å². The summed E-state index contributed by atoms with van der Waals surface area (Å²) >= 11 is 7.84. The number of thioether (sulfide) groups is 1. The summed E-state index contributed by atoms with van der Waals surface area (Å²) in [5, 5.41) is 16.3. The van der Waals surface area contributed by atoms with Crippen molar-refractivity contribution in [3.8, 4) is 11.1 Å². The van der Waals surface area contributed by atoms with Crippen molar-refractivity contribution in [3.63, 3.8) is 0 Å². The van der Waals surface area contributed by atoms with Gasteiger partial charge in [0.1, 0.15) is 5.69 Å². The smallest absolute Gasteiger partial charge is 0.293 e. The number of nitrogens with zero attached hydrogens (tertiary/aromatic N) is 3. The minimum atomic E-state index is -4.40. The first-order valence-corrected chi connectivity index (χ1v) is 20.6. The van der Waals surface area contributed by atoms with E-state index in [1.54, 1.807) is 23.9 Å². The Morgan fingerprint density at radius 3 is 2.28 bits per heavy atom. The van der Waals surface area contributed by atoms with Gasteiger partial charge in [0.2, 0.25) is 0 Å². The van der Waals surface area contributed by atoms with Crippen LogP contribution in [0.25, 0.3) is 11.1 Å².